The summed E-state index contributed by atoms with van der Waals surface area (Å²) in [6.45, 7) is 2.63. The standard InChI is InChI=1S/C13H22NOS.C7H8O3S.H2O/c1-14(2,3)9-13(15)11-16-10-12-7-5-4-6-8-12;1-6-2-4-7(5-3-6)11(8,9)10;/h4-8,13,15H,9-11H2,1-3H3;2-5H,1H3,(H,8,9,10);1H2/q+1;;/p-1. The molecular weight excluding hydrogens is 398 g/mol. The lowest BCUT2D eigenvalue weighted by molar-refractivity contribution is -0.873. The van der Waals surface area contributed by atoms with Gasteiger partial charge in [-0.1, -0.05) is 48.0 Å². The molecule has 0 radical (unpaired) electrons. The van der Waals surface area contributed by atoms with E-state index in [4.69, 9.17) is 0 Å². The van der Waals surface area contributed by atoms with E-state index in [-0.39, 0.29) is 16.5 Å². The molecule has 2 aromatic carbocycles. The fourth-order valence-corrected chi connectivity index (χ4v) is 3.67. The van der Waals surface area contributed by atoms with Crippen molar-refractivity contribution >= 4 is 21.9 Å². The van der Waals surface area contributed by atoms with Crippen molar-refractivity contribution in [3.05, 3.63) is 65.7 Å². The third kappa shape index (κ3) is 12.1. The first-order chi connectivity index (χ1) is 12.5. The van der Waals surface area contributed by atoms with Gasteiger partial charge in [-0.15, -0.1) is 0 Å². The van der Waals surface area contributed by atoms with Crippen LogP contribution in [0.4, 0.5) is 0 Å². The molecule has 0 fully saturated rings. The van der Waals surface area contributed by atoms with Gasteiger partial charge in [0.15, 0.2) is 0 Å². The van der Waals surface area contributed by atoms with Crippen molar-refractivity contribution in [2.45, 2.75) is 23.7 Å². The van der Waals surface area contributed by atoms with Crippen LogP contribution in [0.15, 0.2) is 59.5 Å². The van der Waals surface area contributed by atoms with E-state index in [1.807, 2.05) is 13.0 Å². The van der Waals surface area contributed by atoms with E-state index in [1.54, 1.807) is 23.9 Å². The maximum absolute atomic E-state index is 10.4. The third-order valence-electron chi connectivity index (χ3n) is 3.49. The maximum atomic E-state index is 10.4. The van der Waals surface area contributed by atoms with Crippen LogP contribution in [0.25, 0.3) is 0 Å². The Morgan fingerprint density at radius 2 is 1.57 bits per heavy atom. The second-order valence-corrected chi connectivity index (χ2v) is 9.80. The Kier molecular flexibility index (Phi) is 11.6. The van der Waals surface area contributed by atoms with Crippen molar-refractivity contribution in [1.82, 2.24) is 0 Å². The predicted molar refractivity (Wildman–Crippen MR) is 114 cm³/mol. The first-order valence-corrected chi connectivity index (χ1v) is 11.2. The Labute approximate surface area is 172 Å². The topological polar surface area (TPSA) is 109 Å². The normalized spacial score (nSPS) is 12.4. The molecule has 0 aromatic heterocycles. The zero-order valence-corrected chi connectivity index (χ0v) is 18.5. The van der Waals surface area contributed by atoms with E-state index in [9.17, 15) is 18.1 Å². The highest BCUT2D eigenvalue weighted by molar-refractivity contribution is 7.98. The molecule has 158 valence electrons. The van der Waals surface area contributed by atoms with Crippen molar-refractivity contribution in [3.63, 3.8) is 0 Å². The number of rotatable bonds is 7. The minimum absolute atomic E-state index is 0. The Morgan fingerprint density at radius 1 is 1.04 bits per heavy atom. The van der Waals surface area contributed by atoms with Crippen LogP contribution in [-0.4, -0.2) is 67.6 Å². The van der Waals surface area contributed by atoms with Gasteiger partial charge in [-0.2, -0.15) is 11.8 Å². The Bertz CT molecular complexity index is 772. The number of aliphatic hydroxyl groups excluding tert-OH is 1. The van der Waals surface area contributed by atoms with Crippen molar-refractivity contribution in [2.24, 2.45) is 0 Å². The molecule has 6 nitrogen and oxygen atoms in total. The van der Waals surface area contributed by atoms with Gasteiger partial charge in [0.25, 0.3) is 0 Å². The van der Waals surface area contributed by atoms with E-state index in [2.05, 4.69) is 45.4 Å². The van der Waals surface area contributed by atoms with E-state index in [0.717, 1.165) is 28.1 Å². The van der Waals surface area contributed by atoms with Gasteiger partial charge in [0.1, 0.15) is 22.8 Å². The summed E-state index contributed by atoms with van der Waals surface area (Å²) >= 11 is 1.80. The van der Waals surface area contributed by atoms with Gasteiger partial charge in [0, 0.05) is 11.5 Å². The molecule has 3 N–H and O–H groups in total. The zero-order chi connectivity index (χ0) is 20.5. The summed E-state index contributed by atoms with van der Waals surface area (Å²) in [4.78, 5) is -0.178. The van der Waals surface area contributed by atoms with Crippen LogP contribution < -0.4 is 0 Å². The maximum Gasteiger partial charge on any atom is 0.124 e. The summed E-state index contributed by atoms with van der Waals surface area (Å²) in [5.74, 6) is 1.79. The third-order valence-corrected chi connectivity index (χ3v) is 5.50. The van der Waals surface area contributed by atoms with Crippen LogP contribution in [0.2, 0.25) is 0 Å². The lowest BCUT2D eigenvalue weighted by atomic mass is 10.2. The molecule has 0 aliphatic heterocycles. The summed E-state index contributed by atoms with van der Waals surface area (Å²) in [5, 5.41) is 9.83. The molecule has 0 saturated heterocycles. The Morgan fingerprint density at radius 3 is 2.04 bits per heavy atom. The molecule has 28 heavy (non-hydrogen) atoms. The lowest BCUT2D eigenvalue weighted by Gasteiger charge is -2.26. The molecular formula is C20H31NO5S2. The summed E-state index contributed by atoms with van der Waals surface area (Å²) in [6.07, 6.45) is -0.214. The van der Waals surface area contributed by atoms with Crippen molar-refractivity contribution < 1.29 is 28.0 Å². The van der Waals surface area contributed by atoms with Crippen molar-refractivity contribution in [1.29, 1.82) is 0 Å². The minimum Gasteiger partial charge on any atom is -0.744 e. The number of nitrogens with zero attached hydrogens (tertiary/aromatic N) is 1. The number of thioether (sulfide) groups is 1. The van der Waals surface area contributed by atoms with E-state index in [1.165, 1.54) is 17.7 Å². The number of aliphatic hydroxyl groups is 1. The molecule has 0 aliphatic rings. The van der Waals surface area contributed by atoms with Crippen LogP contribution in [0.3, 0.4) is 0 Å². The monoisotopic (exact) mass is 429 g/mol. The van der Waals surface area contributed by atoms with Crippen molar-refractivity contribution in [2.75, 3.05) is 33.4 Å². The summed E-state index contributed by atoms with van der Waals surface area (Å²) < 4.78 is 32.0. The number of likely N-dealkylation sites (N-methyl/N-ethyl adjacent to an activating group) is 1. The molecule has 1 unspecified atom stereocenters. The van der Waals surface area contributed by atoms with Crippen LogP contribution in [0, 0.1) is 6.92 Å². The van der Waals surface area contributed by atoms with Gasteiger partial charge < -0.3 is 19.6 Å². The van der Waals surface area contributed by atoms with Crippen LogP contribution in [0.1, 0.15) is 11.1 Å². The highest BCUT2D eigenvalue weighted by Gasteiger charge is 2.14. The van der Waals surface area contributed by atoms with Gasteiger partial charge in [-0.05, 0) is 24.6 Å². The average molecular weight is 430 g/mol. The molecule has 0 aliphatic carbocycles. The average Bonchev–Trinajstić information content (AvgIpc) is 2.54. The molecule has 0 saturated carbocycles. The molecule has 0 spiro atoms. The molecule has 8 heteroatoms. The quantitative estimate of drug-likeness (QED) is 0.535. The first kappa shape index (κ1) is 26.6. The molecule has 1 atom stereocenters. The molecule has 2 rings (SSSR count). The van der Waals surface area contributed by atoms with Crippen LogP contribution >= 0.6 is 11.8 Å². The second kappa shape index (κ2) is 12.2. The van der Waals surface area contributed by atoms with E-state index < -0.39 is 10.1 Å². The van der Waals surface area contributed by atoms with Crippen LogP contribution in [-0.2, 0) is 15.9 Å². The summed E-state index contributed by atoms with van der Waals surface area (Å²) in [7, 11) is 2.04. The van der Waals surface area contributed by atoms with Crippen LogP contribution in [0.5, 0.6) is 0 Å². The molecule has 0 bridgehead atoms. The highest BCUT2D eigenvalue weighted by atomic mass is 32.2. The number of aryl methyl sites for hydroxylation is 1. The van der Waals surface area contributed by atoms with Gasteiger partial charge >= 0.3 is 0 Å². The number of hydrogen-bond donors (Lipinski definition) is 1. The van der Waals surface area contributed by atoms with Crippen molar-refractivity contribution in [3.8, 4) is 0 Å². The SMILES string of the molecule is C[N+](C)(C)CC(O)CSCc1ccccc1.Cc1ccc(S(=O)(=O)[O-])cc1.O. The van der Waals surface area contributed by atoms with Gasteiger partial charge in [-0.3, -0.25) is 0 Å². The first-order valence-electron chi connectivity index (χ1n) is 8.60. The largest absolute Gasteiger partial charge is 0.744 e. The smallest absolute Gasteiger partial charge is 0.124 e. The summed E-state index contributed by atoms with van der Waals surface area (Å²) in [5.41, 5.74) is 2.25. The highest BCUT2D eigenvalue weighted by Crippen LogP contribution is 2.13. The molecule has 0 amide bonds. The van der Waals surface area contributed by atoms with Gasteiger partial charge in [0.05, 0.1) is 26.0 Å². The minimum atomic E-state index is -4.27. The van der Waals surface area contributed by atoms with E-state index >= 15 is 0 Å². The number of benzene rings is 2. The Hall–Kier alpha value is -1.42. The second-order valence-electron chi connectivity index (χ2n) is 7.39. The van der Waals surface area contributed by atoms with Gasteiger partial charge in [0.2, 0.25) is 0 Å². The lowest BCUT2D eigenvalue weighted by Crippen LogP contribution is -2.42. The number of quaternary nitrogens is 1. The molecule has 0 heterocycles. The Balaban J connectivity index is 0.000000535. The predicted octanol–water partition coefficient (Wildman–Crippen LogP) is 2.06. The fourth-order valence-electron chi connectivity index (χ4n) is 2.28. The summed E-state index contributed by atoms with van der Waals surface area (Å²) in [6, 6.07) is 16.2. The van der Waals surface area contributed by atoms with Gasteiger partial charge in [-0.25, -0.2) is 8.42 Å². The number of hydrogen-bond acceptors (Lipinski definition) is 5. The fraction of sp³-hybridized carbons (Fsp3) is 0.400. The zero-order valence-electron chi connectivity index (χ0n) is 16.8. The van der Waals surface area contributed by atoms with E-state index in [0.29, 0.717) is 0 Å². The molecule has 2 aromatic rings.